The summed E-state index contributed by atoms with van der Waals surface area (Å²) in [5.74, 6) is 0.776. The van der Waals surface area contributed by atoms with E-state index in [-0.39, 0.29) is 31.1 Å². The monoisotopic (exact) mass is 793 g/mol. The zero-order valence-corrected chi connectivity index (χ0v) is 38.3. The van der Waals surface area contributed by atoms with Gasteiger partial charge in [0.1, 0.15) is 13.2 Å². The van der Waals surface area contributed by atoms with Gasteiger partial charge in [-0.2, -0.15) is 0 Å². The fourth-order valence-electron chi connectivity index (χ4n) is 7.46. The molecular weight excluding hydrogens is 697 g/mol. The minimum atomic E-state index is -0.761. The van der Waals surface area contributed by atoms with Gasteiger partial charge in [-0.1, -0.05) is 234 Å². The maximum atomic E-state index is 12.8. The van der Waals surface area contributed by atoms with Crippen molar-refractivity contribution in [2.24, 2.45) is 11.8 Å². The van der Waals surface area contributed by atoms with Crippen LogP contribution < -0.4 is 0 Å². The van der Waals surface area contributed by atoms with Gasteiger partial charge in [-0.05, 0) is 31.1 Å². The molecule has 1 atom stereocenters. The van der Waals surface area contributed by atoms with Gasteiger partial charge in [0, 0.05) is 19.3 Å². The molecule has 0 unspecified atom stereocenters. The molecular formula is C50H96O6. The van der Waals surface area contributed by atoms with Gasteiger partial charge in [0.25, 0.3) is 0 Å². The third-order valence-corrected chi connectivity index (χ3v) is 11.2. The molecule has 0 saturated carbocycles. The molecule has 0 aromatic carbocycles. The highest BCUT2D eigenvalue weighted by molar-refractivity contribution is 5.71. The standard InChI is InChI=1S/C50H96O6/c1-6-7-8-9-10-11-12-16-19-25-30-35-40-48(51)54-43-47(44-55-49(52)41-36-31-26-22-21-24-29-34-39-46(4)5)56-50(53)42-37-32-27-20-17-14-13-15-18-23-28-33-38-45(2)3/h45-47H,6-44H2,1-5H3/t47-/m0/s1. The molecule has 0 heterocycles. The van der Waals surface area contributed by atoms with Crippen LogP contribution in [-0.4, -0.2) is 37.2 Å². The number of esters is 3. The first-order valence-corrected chi connectivity index (χ1v) is 24.7. The summed E-state index contributed by atoms with van der Waals surface area (Å²) in [5, 5.41) is 0. The van der Waals surface area contributed by atoms with E-state index in [1.165, 1.54) is 161 Å². The fraction of sp³-hybridized carbons (Fsp3) is 0.940. The number of rotatable bonds is 44. The highest BCUT2D eigenvalue weighted by atomic mass is 16.6. The Labute approximate surface area is 348 Å². The molecule has 6 nitrogen and oxygen atoms in total. The summed E-state index contributed by atoms with van der Waals surface area (Å²) in [6, 6.07) is 0. The van der Waals surface area contributed by atoms with Crippen molar-refractivity contribution >= 4 is 17.9 Å². The second-order valence-corrected chi connectivity index (χ2v) is 18.1. The van der Waals surface area contributed by atoms with Crippen LogP contribution in [0.25, 0.3) is 0 Å². The minimum absolute atomic E-state index is 0.0643. The quantitative estimate of drug-likeness (QED) is 0.0347. The Hall–Kier alpha value is -1.59. The largest absolute Gasteiger partial charge is 0.462 e. The van der Waals surface area contributed by atoms with E-state index in [1.54, 1.807) is 0 Å². The van der Waals surface area contributed by atoms with Crippen LogP contribution in [0.2, 0.25) is 0 Å². The summed E-state index contributed by atoms with van der Waals surface area (Å²) in [6.45, 7) is 11.3. The molecule has 56 heavy (non-hydrogen) atoms. The van der Waals surface area contributed by atoms with Crippen LogP contribution in [0.4, 0.5) is 0 Å². The molecule has 6 heteroatoms. The molecule has 0 bridgehead atoms. The van der Waals surface area contributed by atoms with E-state index in [0.717, 1.165) is 69.6 Å². The molecule has 0 aliphatic heterocycles. The first kappa shape index (κ1) is 54.4. The van der Waals surface area contributed by atoms with Crippen LogP contribution in [0.15, 0.2) is 0 Å². The molecule has 0 radical (unpaired) electrons. The Morgan fingerprint density at radius 1 is 0.339 bits per heavy atom. The van der Waals surface area contributed by atoms with Crippen LogP contribution in [0.1, 0.15) is 272 Å². The van der Waals surface area contributed by atoms with Gasteiger partial charge in [0.15, 0.2) is 6.10 Å². The summed E-state index contributed by atoms with van der Waals surface area (Å²) >= 11 is 0. The van der Waals surface area contributed by atoms with Gasteiger partial charge >= 0.3 is 17.9 Å². The third kappa shape index (κ3) is 43.5. The normalized spacial score (nSPS) is 12.1. The van der Waals surface area contributed by atoms with Gasteiger partial charge in [-0.25, -0.2) is 0 Å². The van der Waals surface area contributed by atoms with E-state index in [0.29, 0.717) is 19.3 Å². The minimum Gasteiger partial charge on any atom is -0.462 e. The van der Waals surface area contributed by atoms with Gasteiger partial charge < -0.3 is 14.2 Å². The number of hydrogen-bond acceptors (Lipinski definition) is 6. The molecule has 0 aliphatic rings. The number of unbranched alkanes of at least 4 members (excludes halogenated alkanes) is 29. The van der Waals surface area contributed by atoms with Crippen LogP contribution in [-0.2, 0) is 28.6 Å². The molecule has 0 fully saturated rings. The maximum absolute atomic E-state index is 12.8. The smallest absolute Gasteiger partial charge is 0.306 e. The molecule has 0 saturated heterocycles. The molecule has 0 aliphatic carbocycles. The van der Waals surface area contributed by atoms with Crippen LogP contribution in [0, 0.1) is 11.8 Å². The lowest BCUT2D eigenvalue weighted by atomic mass is 10.0. The topological polar surface area (TPSA) is 78.9 Å². The van der Waals surface area contributed by atoms with Gasteiger partial charge in [0.2, 0.25) is 0 Å². The summed E-state index contributed by atoms with van der Waals surface area (Å²) in [4.78, 5) is 37.8. The van der Waals surface area contributed by atoms with E-state index < -0.39 is 6.10 Å². The van der Waals surface area contributed by atoms with Crippen LogP contribution >= 0.6 is 0 Å². The van der Waals surface area contributed by atoms with E-state index in [1.807, 2.05) is 0 Å². The Kier molecular flexibility index (Phi) is 41.8. The average Bonchev–Trinajstić information content (AvgIpc) is 3.16. The average molecular weight is 793 g/mol. The van der Waals surface area contributed by atoms with E-state index in [2.05, 4.69) is 34.6 Å². The zero-order valence-electron chi connectivity index (χ0n) is 38.3. The summed E-state index contributed by atoms with van der Waals surface area (Å²) in [6.07, 6.45) is 42.3. The van der Waals surface area contributed by atoms with Crippen molar-refractivity contribution in [3.05, 3.63) is 0 Å². The molecule has 0 aromatic heterocycles. The second kappa shape index (κ2) is 43.0. The van der Waals surface area contributed by atoms with Crippen molar-refractivity contribution in [3.63, 3.8) is 0 Å². The van der Waals surface area contributed by atoms with Gasteiger partial charge in [-0.15, -0.1) is 0 Å². The Morgan fingerprint density at radius 3 is 0.875 bits per heavy atom. The molecule has 0 amide bonds. The van der Waals surface area contributed by atoms with Crippen molar-refractivity contribution in [1.29, 1.82) is 0 Å². The van der Waals surface area contributed by atoms with Crippen LogP contribution in [0.5, 0.6) is 0 Å². The summed E-state index contributed by atoms with van der Waals surface area (Å²) < 4.78 is 16.8. The molecule has 0 spiro atoms. The lowest BCUT2D eigenvalue weighted by Gasteiger charge is -2.18. The first-order valence-electron chi connectivity index (χ1n) is 24.7. The van der Waals surface area contributed by atoms with E-state index in [4.69, 9.17) is 14.2 Å². The lowest BCUT2D eigenvalue weighted by molar-refractivity contribution is -0.167. The molecule has 0 aromatic rings. The third-order valence-electron chi connectivity index (χ3n) is 11.2. The van der Waals surface area contributed by atoms with E-state index in [9.17, 15) is 14.4 Å². The molecule has 332 valence electrons. The summed E-state index contributed by atoms with van der Waals surface area (Å²) in [5.41, 5.74) is 0. The Bertz CT molecular complexity index is 854. The number of hydrogen-bond donors (Lipinski definition) is 0. The highest BCUT2D eigenvalue weighted by Gasteiger charge is 2.19. The number of carbonyl (C=O) groups excluding carboxylic acids is 3. The Morgan fingerprint density at radius 2 is 0.589 bits per heavy atom. The van der Waals surface area contributed by atoms with E-state index >= 15 is 0 Å². The summed E-state index contributed by atoms with van der Waals surface area (Å²) in [7, 11) is 0. The zero-order chi connectivity index (χ0) is 41.2. The van der Waals surface area contributed by atoms with Gasteiger partial charge in [-0.3, -0.25) is 14.4 Å². The predicted octanol–water partition coefficient (Wildman–Crippen LogP) is 15.8. The highest BCUT2D eigenvalue weighted by Crippen LogP contribution is 2.17. The fourth-order valence-corrected chi connectivity index (χ4v) is 7.46. The second-order valence-electron chi connectivity index (χ2n) is 18.1. The lowest BCUT2D eigenvalue weighted by Crippen LogP contribution is -2.30. The SMILES string of the molecule is CCCCCCCCCCCCCCC(=O)OC[C@@H](COC(=O)CCCCCCCCCCC(C)C)OC(=O)CCCCCCCCCCCCCCC(C)C. The van der Waals surface area contributed by atoms with Crippen molar-refractivity contribution in [2.75, 3.05) is 13.2 Å². The van der Waals surface area contributed by atoms with Crippen molar-refractivity contribution < 1.29 is 28.6 Å². The van der Waals surface area contributed by atoms with Crippen molar-refractivity contribution in [1.82, 2.24) is 0 Å². The van der Waals surface area contributed by atoms with Crippen molar-refractivity contribution in [3.8, 4) is 0 Å². The van der Waals surface area contributed by atoms with Crippen LogP contribution in [0.3, 0.4) is 0 Å². The first-order chi connectivity index (χ1) is 27.2. The Balaban J connectivity index is 4.32. The molecule has 0 N–H and O–H groups in total. The predicted molar refractivity (Wildman–Crippen MR) is 238 cm³/mol. The number of ether oxygens (including phenoxy) is 3. The number of carbonyl (C=O) groups is 3. The maximum Gasteiger partial charge on any atom is 0.306 e. The molecule has 0 rings (SSSR count). The van der Waals surface area contributed by atoms with Crippen molar-refractivity contribution in [2.45, 2.75) is 278 Å². The van der Waals surface area contributed by atoms with Gasteiger partial charge in [0.05, 0.1) is 0 Å².